The number of ether oxygens (including phenoxy) is 2. The Morgan fingerprint density at radius 1 is 1.03 bits per heavy atom. The Balaban J connectivity index is 1.74. The van der Waals surface area contributed by atoms with Crippen molar-refractivity contribution in [1.29, 1.82) is 0 Å². The van der Waals surface area contributed by atoms with Crippen molar-refractivity contribution in [3.63, 3.8) is 0 Å². The molecular formula is C25H28FN7O4S. The summed E-state index contributed by atoms with van der Waals surface area (Å²) in [6.07, 6.45) is 2.40. The lowest BCUT2D eigenvalue weighted by molar-refractivity contribution is 0.390. The molecule has 1 aromatic carbocycles. The second-order valence-corrected chi connectivity index (χ2v) is 10.7. The van der Waals surface area contributed by atoms with Gasteiger partial charge in [0.1, 0.15) is 40.3 Å². The van der Waals surface area contributed by atoms with E-state index in [4.69, 9.17) is 9.47 Å². The summed E-state index contributed by atoms with van der Waals surface area (Å²) >= 11 is 0. The normalized spacial score (nSPS) is 12.2. The van der Waals surface area contributed by atoms with E-state index in [1.807, 2.05) is 6.07 Å². The molecule has 0 aliphatic heterocycles. The van der Waals surface area contributed by atoms with Crippen LogP contribution >= 0.6 is 0 Å². The van der Waals surface area contributed by atoms with Gasteiger partial charge in [-0.05, 0) is 30.2 Å². The number of para-hydroxylation sites is 1. The summed E-state index contributed by atoms with van der Waals surface area (Å²) in [5.41, 5.74) is 0.926. The van der Waals surface area contributed by atoms with Gasteiger partial charge in [-0.2, -0.15) is 0 Å². The van der Waals surface area contributed by atoms with Gasteiger partial charge in [0.25, 0.3) is 0 Å². The van der Waals surface area contributed by atoms with Crippen molar-refractivity contribution in [2.24, 2.45) is 5.92 Å². The van der Waals surface area contributed by atoms with E-state index in [-0.39, 0.29) is 23.9 Å². The van der Waals surface area contributed by atoms with Crippen LogP contribution in [-0.4, -0.2) is 65.2 Å². The van der Waals surface area contributed by atoms with Gasteiger partial charge < -0.3 is 14.8 Å². The number of nitrogens with zero attached hydrogens (tertiary/aromatic N) is 6. The van der Waals surface area contributed by atoms with Crippen LogP contribution < -0.4 is 14.8 Å². The highest BCUT2D eigenvalue weighted by Crippen LogP contribution is 2.36. The van der Waals surface area contributed by atoms with Crippen molar-refractivity contribution in [3.05, 3.63) is 66.3 Å². The lowest BCUT2D eigenvalue weighted by atomic mass is 10.1. The lowest BCUT2D eigenvalue weighted by Gasteiger charge is -2.18. The Bertz CT molecular complexity index is 1490. The summed E-state index contributed by atoms with van der Waals surface area (Å²) in [6.45, 7) is 1.77. The molecule has 4 aromatic rings. The summed E-state index contributed by atoms with van der Waals surface area (Å²) in [4.78, 5) is 12.4. The maximum atomic E-state index is 13.3. The minimum atomic E-state index is -3.68. The van der Waals surface area contributed by atoms with Gasteiger partial charge in [-0.1, -0.05) is 19.1 Å². The van der Waals surface area contributed by atoms with Gasteiger partial charge in [0.05, 0.1) is 32.4 Å². The molecule has 3 aromatic heterocycles. The first kappa shape index (κ1) is 26.9. The summed E-state index contributed by atoms with van der Waals surface area (Å²) in [6, 6.07) is 10.6. The summed E-state index contributed by atoms with van der Waals surface area (Å²) in [5.74, 6) is 0.915. The molecule has 0 bridgehead atoms. The van der Waals surface area contributed by atoms with Crippen molar-refractivity contribution < 1.29 is 22.3 Å². The smallest absolute Gasteiger partial charge is 0.187 e. The average molecular weight is 542 g/mol. The third kappa shape index (κ3) is 6.05. The molecule has 1 N–H and O–H groups in total. The van der Waals surface area contributed by atoms with Crippen LogP contribution in [0.2, 0.25) is 0 Å². The van der Waals surface area contributed by atoms with Crippen LogP contribution in [0.3, 0.4) is 0 Å². The Morgan fingerprint density at radius 3 is 2.32 bits per heavy atom. The van der Waals surface area contributed by atoms with Crippen LogP contribution in [0.1, 0.15) is 18.6 Å². The predicted molar refractivity (Wildman–Crippen MR) is 140 cm³/mol. The Kier molecular flexibility index (Phi) is 8.15. The van der Waals surface area contributed by atoms with E-state index in [9.17, 15) is 12.8 Å². The topological polar surface area (TPSA) is 134 Å². The van der Waals surface area contributed by atoms with Gasteiger partial charge in [-0.15, -0.1) is 10.2 Å². The fourth-order valence-electron chi connectivity index (χ4n) is 4.07. The van der Waals surface area contributed by atoms with Gasteiger partial charge in [-0.3, -0.25) is 4.57 Å². The molecular weight excluding hydrogens is 513 g/mol. The second-order valence-electron chi connectivity index (χ2n) is 8.63. The first-order valence-corrected chi connectivity index (χ1v) is 13.5. The number of hydrogen-bond acceptors (Lipinski definition) is 10. The van der Waals surface area contributed by atoms with Crippen molar-refractivity contribution in [3.8, 4) is 28.7 Å². The van der Waals surface area contributed by atoms with Gasteiger partial charge in [-0.25, -0.2) is 27.8 Å². The van der Waals surface area contributed by atoms with Crippen molar-refractivity contribution in [2.75, 3.05) is 32.3 Å². The number of aromatic nitrogens is 6. The molecule has 0 spiro atoms. The average Bonchev–Trinajstić information content (AvgIpc) is 3.31. The van der Waals surface area contributed by atoms with E-state index in [1.165, 1.54) is 14.2 Å². The standard InChI is InChI=1S/C25H28FN7O4S/c1-16(11-22-28-12-17(26)13-29-22)14-38(34,35)15-23-31-32-25(18-7-5-10-21(27-2)30-18)33(23)24-19(36-3)8-6-9-20(24)37-4/h5-10,12-13,16H,11,14-15H2,1-4H3,(H,27,30)/t16-/m0/s1. The molecule has 0 aliphatic rings. The molecule has 0 aliphatic carbocycles. The van der Waals surface area contributed by atoms with Crippen molar-refractivity contribution in [2.45, 2.75) is 19.1 Å². The minimum Gasteiger partial charge on any atom is -0.494 e. The van der Waals surface area contributed by atoms with E-state index in [0.29, 0.717) is 40.3 Å². The van der Waals surface area contributed by atoms with Gasteiger partial charge in [0, 0.05) is 13.5 Å². The second kappa shape index (κ2) is 11.5. The molecule has 0 radical (unpaired) electrons. The largest absolute Gasteiger partial charge is 0.494 e. The third-order valence-corrected chi connectivity index (χ3v) is 7.46. The molecule has 13 heteroatoms. The monoisotopic (exact) mass is 541 g/mol. The van der Waals surface area contributed by atoms with E-state index in [1.54, 1.807) is 48.9 Å². The summed E-state index contributed by atoms with van der Waals surface area (Å²) in [7, 11) is 1.09. The first-order chi connectivity index (χ1) is 18.2. The highest BCUT2D eigenvalue weighted by Gasteiger charge is 2.27. The molecule has 0 saturated carbocycles. The predicted octanol–water partition coefficient (Wildman–Crippen LogP) is 3.11. The number of pyridine rings is 1. The molecule has 0 amide bonds. The molecule has 1 atom stereocenters. The van der Waals surface area contributed by atoms with Crippen LogP contribution in [0.15, 0.2) is 48.8 Å². The first-order valence-electron chi connectivity index (χ1n) is 11.7. The van der Waals surface area contributed by atoms with Crippen molar-refractivity contribution >= 4 is 15.7 Å². The SMILES string of the molecule is CNc1cccc(-c2nnc(CS(=O)(=O)C[C@@H](C)Cc3ncc(F)cn3)n2-c2c(OC)cccc2OC)n1. The van der Waals surface area contributed by atoms with E-state index >= 15 is 0 Å². The van der Waals surface area contributed by atoms with E-state index < -0.39 is 21.4 Å². The highest BCUT2D eigenvalue weighted by molar-refractivity contribution is 7.90. The number of anilines is 1. The molecule has 4 rings (SSSR count). The highest BCUT2D eigenvalue weighted by atomic mass is 32.2. The maximum Gasteiger partial charge on any atom is 0.187 e. The van der Waals surface area contributed by atoms with Crippen LogP contribution in [0.5, 0.6) is 11.5 Å². The van der Waals surface area contributed by atoms with Crippen LogP contribution in [0.4, 0.5) is 10.2 Å². The molecule has 200 valence electrons. The number of hydrogen-bond donors (Lipinski definition) is 1. The number of halogens is 1. The quantitative estimate of drug-likeness (QED) is 0.302. The molecule has 11 nitrogen and oxygen atoms in total. The summed E-state index contributed by atoms with van der Waals surface area (Å²) < 4.78 is 52.6. The molecule has 3 heterocycles. The van der Waals surface area contributed by atoms with Gasteiger partial charge >= 0.3 is 0 Å². The number of benzene rings is 1. The fourth-order valence-corrected chi connectivity index (χ4v) is 5.75. The summed E-state index contributed by atoms with van der Waals surface area (Å²) in [5, 5.41) is 11.6. The zero-order valence-electron chi connectivity index (χ0n) is 21.4. The number of rotatable bonds is 11. The lowest BCUT2D eigenvalue weighted by Crippen LogP contribution is -2.20. The number of methoxy groups -OCH3 is 2. The molecule has 0 unspecified atom stereocenters. The zero-order valence-corrected chi connectivity index (χ0v) is 22.2. The molecule has 38 heavy (non-hydrogen) atoms. The van der Waals surface area contributed by atoms with Crippen LogP contribution in [-0.2, 0) is 22.0 Å². The van der Waals surface area contributed by atoms with E-state index in [0.717, 1.165) is 12.4 Å². The number of nitrogens with one attached hydrogen (secondary N) is 1. The minimum absolute atomic E-state index is 0.160. The zero-order chi connectivity index (χ0) is 27.3. The fraction of sp³-hybridized carbons (Fsp3) is 0.320. The van der Waals surface area contributed by atoms with Crippen molar-refractivity contribution in [1.82, 2.24) is 29.7 Å². The Morgan fingerprint density at radius 2 is 1.68 bits per heavy atom. The Hall–Kier alpha value is -4.13. The third-order valence-electron chi connectivity index (χ3n) is 5.68. The van der Waals surface area contributed by atoms with E-state index in [2.05, 4.69) is 30.5 Å². The van der Waals surface area contributed by atoms with Crippen LogP contribution in [0.25, 0.3) is 17.2 Å². The number of sulfone groups is 1. The van der Waals surface area contributed by atoms with Gasteiger partial charge in [0.15, 0.2) is 27.3 Å². The van der Waals surface area contributed by atoms with Gasteiger partial charge in [0.2, 0.25) is 0 Å². The molecule has 0 fully saturated rings. The molecule has 0 saturated heterocycles. The Labute approximate surface area is 220 Å². The van der Waals surface area contributed by atoms with Crippen LogP contribution in [0, 0.1) is 11.7 Å². The maximum absolute atomic E-state index is 13.3.